The number of rotatable bonds is 0. The fourth-order valence-corrected chi connectivity index (χ4v) is 0. The van der Waals surface area contributed by atoms with Crippen molar-refractivity contribution in [2.45, 2.75) is 0 Å². The van der Waals surface area contributed by atoms with Gasteiger partial charge in [-0.15, -0.1) is 0 Å². The molecule has 64 valence electrons. The van der Waals surface area contributed by atoms with E-state index in [1.54, 1.807) is 0 Å². The summed E-state index contributed by atoms with van der Waals surface area (Å²) in [5.74, 6) is 0. The molecule has 0 bridgehead atoms. The van der Waals surface area contributed by atoms with Crippen molar-refractivity contribution in [1.82, 2.24) is 0 Å². The zero-order valence-corrected chi connectivity index (χ0v) is 27.0. The number of hydrogen-bond donors (Lipinski definition) is 0. The van der Waals surface area contributed by atoms with Gasteiger partial charge in [-0.05, 0) is 0 Å². The van der Waals surface area contributed by atoms with Gasteiger partial charge in [-0.25, -0.2) is 0 Å². The van der Waals surface area contributed by atoms with Gasteiger partial charge in [0.15, 0.2) is 0 Å². The summed E-state index contributed by atoms with van der Waals surface area (Å²) < 4.78 is -2.60. The van der Waals surface area contributed by atoms with Gasteiger partial charge in [0.2, 0.25) is 0 Å². The average Bonchev–Trinajstić information content (AvgIpc) is 1.12. The van der Waals surface area contributed by atoms with Crippen LogP contribution in [0, 0.1) is 0 Å². The Morgan fingerprint density at radius 1 is 0.400 bits per heavy atom. The molecule has 0 aromatic carbocycles. The first kappa shape index (κ1) is 19.8. The fraction of sp³-hybridized carbons (Fsp3) is 0. The third kappa shape index (κ3) is 58.2. The van der Waals surface area contributed by atoms with Crippen molar-refractivity contribution in [3.8, 4) is 0 Å². The molecule has 0 rings (SSSR count). The SMILES string of the molecule is [I][Sn]([I])([I])[I].[I][Sn]([I])([I])[I]. The van der Waals surface area contributed by atoms with Crippen LogP contribution in [0.5, 0.6) is 0 Å². The van der Waals surface area contributed by atoms with Crippen LogP contribution < -0.4 is 0 Å². The summed E-state index contributed by atoms with van der Waals surface area (Å²) in [5, 5.41) is 0. The van der Waals surface area contributed by atoms with Gasteiger partial charge >= 0.3 is 154 Å². The van der Waals surface area contributed by atoms with Crippen LogP contribution in [-0.2, 0) is 0 Å². The Kier molecular flexibility index (Phi) is 20.5. The molecule has 0 spiro atoms. The second kappa shape index (κ2) is 10.4. The molecule has 0 saturated heterocycles. The molecule has 0 aromatic rings. The summed E-state index contributed by atoms with van der Waals surface area (Å²) in [7, 11) is 0. The predicted octanol–water partition coefficient (Wildman–Crippen LogP) is 6.32. The molecule has 0 atom stereocenters. The molecule has 0 N–H and O–H groups in total. The van der Waals surface area contributed by atoms with Crippen LogP contribution in [0.1, 0.15) is 0 Å². The monoisotopic (exact) mass is 1260 g/mol. The van der Waals surface area contributed by atoms with Crippen LogP contribution in [0.15, 0.2) is 0 Å². The van der Waals surface area contributed by atoms with Crippen LogP contribution in [0.3, 0.4) is 0 Å². The minimum absolute atomic E-state index is 1.30. The molecule has 0 nitrogen and oxygen atoms in total. The Balaban J connectivity index is 0. The predicted molar refractivity (Wildman–Crippen MR) is 124 cm³/mol. The first-order chi connectivity index (χ1) is 4.00. The van der Waals surface area contributed by atoms with E-state index in [9.17, 15) is 0 Å². The van der Waals surface area contributed by atoms with E-state index in [1.807, 2.05) is 0 Å². The summed E-state index contributed by atoms with van der Waals surface area (Å²) in [6, 6.07) is 0. The van der Waals surface area contributed by atoms with Crippen molar-refractivity contribution in [3.63, 3.8) is 0 Å². The summed E-state index contributed by atoms with van der Waals surface area (Å²) in [4.78, 5) is 0. The first-order valence-corrected chi connectivity index (χ1v) is 68.0. The Bertz CT molecular complexity index is 50.2. The van der Waals surface area contributed by atoms with Gasteiger partial charge in [-0.2, -0.15) is 0 Å². The molecule has 0 aliphatic heterocycles. The van der Waals surface area contributed by atoms with Gasteiger partial charge < -0.3 is 0 Å². The van der Waals surface area contributed by atoms with Crippen molar-refractivity contribution in [2.75, 3.05) is 0 Å². The summed E-state index contributed by atoms with van der Waals surface area (Å²) >= 11 is 20.4. The molecular weight excluding hydrogens is 1250 g/mol. The molecule has 0 aliphatic carbocycles. The molecule has 0 unspecified atom stereocenters. The molecule has 0 radical (unpaired) electrons. The summed E-state index contributed by atoms with van der Waals surface area (Å²) in [6.07, 6.45) is 0. The Morgan fingerprint density at radius 3 is 0.400 bits per heavy atom. The quantitative estimate of drug-likeness (QED) is 0.197. The Morgan fingerprint density at radius 2 is 0.400 bits per heavy atom. The molecule has 0 saturated carbocycles. The average molecular weight is 1250 g/mol. The van der Waals surface area contributed by atoms with Crippen LogP contribution in [-0.4, -0.2) is 5.01 Å². The van der Waals surface area contributed by atoms with E-state index in [2.05, 4.69) is 149 Å². The van der Waals surface area contributed by atoms with Crippen LogP contribution in [0.2, 0.25) is 0 Å². The Labute approximate surface area is 147 Å². The van der Waals surface area contributed by atoms with Crippen molar-refractivity contribution >= 4 is 154 Å². The minimum atomic E-state index is -1.30. The van der Waals surface area contributed by atoms with Gasteiger partial charge in [-0.1, -0.05) is 0 Å². The molecule has 0 aromatic heterocycles. The van der Waals surface area contributed by atoms with Crippen molar-refractivity contribution in [3.05, 3.63) is 0 Å². The van der Waals surface area contributed by atoms with E-state index in [0.717, 1.165) is 0 Å². The second-order valence-electron chi connectivity index (χ2n) is 0.857. The van der Waals surface area contributed by atoms with E-state index >= 15 is 0 Å². The van der Waals surface area contributed by atoms with Gasteiger partial charge in [0.25, 0.3) is 0 Å². The number of hydrogen-bond acceptors (Lipinski definition) is 0. The number of halogens is 8. The van der Waals surface area contributed by atoms with E-state index < -0.39 is 5.01 Å². The van der Waals surface area contributed by atoms with Crippen LogP contribution in [0.4, 0.5) is 0 Å². The summed E-state index contributed by atoms with van der Waals surface area (Å²) in [6.45, 7) is 0. The molecule has 10 heavy (non-hydrogen) atoms. The zero-order chi connectivity index (χ0) is 9.00. The van der Waals surface area contributed by atoms with Crippen molar-refractivity contribution < 1.29 is 0 Å². The van der Waals surface area contributed by atoms with Crippen molar-refractivity contribution in [1.29, 1.82) is 0 Å². The molecular formula is I8Sn2. The molecule has 10 heteroatoms. The molecule has 0 amide bonds. The molecule has 0 fully saturated rings. The molecule has 0 aliphatic rings. The normalized spacial score (nSPS) is 12.0. The third-order valence-electron chi connectivity index (χ3n) is 0. The maximum atomic E-state index is 2.55. The van der Waals surface area contributed by atoms with E-state index in [0.29, 0.717) is 0 Å². The van der Waals surface area contributed by atoms with E-state index in [4.69, 9.17) is 0 Å². The molecule has 0 heterocycles. The second-order valence-corrected chi connectivity index (χ2v) is 259. The van der Waals surface area contributed by atoms with E-state index in [1.165, 1.54) is 0 Å². The standard InChI is InChI=1S/8HI.2Sn/h8*1H;;/q;;;;;;;;2*+4/p-8. The van der Waals surface area contributed by atoms with Crippen molar-refractivity contribution in [2.24, 2.45) is 0 Å². The zero-order valence-electron chi connectivity index (χ0n) is 4.02. The maximum absolute atomic E-state index is 2.55. The van der Waals surface area contributed by atoms with E-state index in [-0.39, 0.29) is 0 Å². The topological polar surface area (TPSA) is 0 Å². The van der Waals surface area contributed by atoms with Crippen LogP contribution >= 0.6 is 149 Å². The Hall–Kier alpha value is 7.44. The van der Waals surface area contributed by atoms with Gasteiger partial charge in [0, 0.05) is 0 Å². The fourth-order valence-electron chi connectivity index (χ4n) is 0. The first-order valence-electron chi connectivity index (χ1n) is 1.51. The van der Waals surface area contributed by atoms with Gasteiger partial charge in [0.1, 0.15) is 0 Å². The van der Waals surface area contributed by atoms with Crippen LogP contribution in [0.25, 0.3) is 0 Å². The summed E-state index contributed by atoms with van der Waals surface area (Å²) in [5.41, 5.74) is 0. The third-order valence-corrected chi connectivity index (χ3v) is 0. The van der Waals surface area contributed by atoms with Gasteiger partial charge in [-0.3, -0.25) is 0 Å². The van der Waals surface area contributed by atoms with Gasteiger partial charge in [0.05, 0.1) is 0 Å².